The number of hydrogen-bond donors (Lipinski definition) is 1. The third kappa shape index (κ3) is 4.64. The number of H-pyrrole nitrogens is 1. The third-order valence-corrected chi connectivity index (χ3v) is 7.58. The number of rotatable bonds is 8. The van der Waals surface area contributed by atoms with Crippen LogP contribution in [0, 0.1) is 10.1 Å². The average molecular weight is 500 g/mol. The van der Waals surface area contributed by atoms with Crippen LogP contribution in [0.1, 0.15) is 52.6 Å². The highest BCUT2D eigenvalue weighted by molar-refractivity contribution is 7.98. The molecule has 1 aliphatic carbocycles. The number of aromatic amines is 1. The number of nitrogens with one attached hydrogen (secondary N) is 1. The number of nitro groups is 1. The zero-order valence-electron chi connectivity index (χ0n) is 19.8. The molecule has 0 amide bonds. The first kappa shape index (κ1) is 23.8. The smallest absolute Gasteiger partial charge is 0.269 e. The van der Waals surface area contributed by atoms with Crippen LogP contribution in [-0.4, -0.2) is 20.7 Å². The van der Waals surface area contributed by atoms with Crippen LogP contribution < -0.4 is 4.74 Å². The minimum atomic E-state index is -0.884. The SMILES string of the molecule is C[C@](Oc1ccc2c(c1CSc1ccc([N+](=O)[O-])cc1)CCCC2=O)(c1ccccc1)c1ncc[nH]1. The molecule has 5 rings (SSSR count). The fourth-order valence-corrected chi connectivity index (χ4v) is 5.55. The van der Waals surface area contributed by atoms with Gasteiger partial charge in [0.15, 0.2) is 17.2 Å². The number of carbonyl (C=O) groups excluding carboxylic acids is 1. The van der Waals surface area contributed by atoms with Crippen LogP contribution in [-0.2, 0) is 17.8 Å². The summed E-state index contributed by atoms with van der Waals surface area (Å²) in [6.07, 6.45) is 5.64. The summed E-state index contributed by atoms with van der Waals surface area (Å²) in [4.78, 5) is 31.9. The van der Waals surface area contributed by atoms with Gasteiger partial charge in [0, 0.05) is 58.3 Å². The van der Waals surface area contributed by atoms with Gasteiger partial charge >= 0.3 is 0 Å². The Morgan fingerprint density at radius 3 is 2.56 bits per heavy atom. The number of Topliss-reactive ketones (excluding diaryl/α,β-unsaturated/α-hetero) is 1. The Morgan fingerprint density at radius 1 is 1.08 bits per heavy atom. The quantitative estimate of drug-likeness (QED) is 0.169. The van der Waals surface area contributed by atoms with Crippen LogP contribution in [0.3, 0.4) is 0 Å². The molecule has 0 bridgehead atoms. The van der Waals surface area contributed by atoms with Crippen molar-refractivity contribution in [3.63, 3.8) is 0 Å². The van der Waals surface area contributed by atoms with Gasteiger partial charge in [0.2, 0.25) is 0 Å². The van der Waals surface area contributed by atoms with E-state index < -0.39 is 10.5 Å². The first-order valence-electron chi connectivity index (χ1n) is 11.8. The first-order chi connectivity index (χ1) is 17.5. The summed E-state index contributed by atoms with van der Waals surface area (Å²) in [5.41, 5.74) is 2.87. The van der Waals surface area contributed by atoms with E-state index in [1.165, 1.54) is 12.1 Å². The fraction of sp³-hybridized carbons (Fsp3) is 0.214. The van der Waals surface area contributed by atoms with Crippen molar-refractivity contribution in [3.05, 3.63) is 117 Å². The molecule has 0 unspecified atom stereocenters. The number of thioether (sulfide) groups is 1. The lowest BCUT2D eigenvalue weighted by atomic mass is 9.87. The number of benzene rings is 3. The molecule has 0 spiro atoms. The van der Waals surface area contributed by atoms with E-state index in [4.69, 9.17) is 4.74 Å². The monoisotopic (exact) mass is 499 g/mol. The molecule has 0 aliphatic heterocycles. The molecule has 182 valence electrons. The number of imidazole rings is 1. The molecule has 1 aliphatic rings. The number of carbonyl (C=O) groups is 1. The molecule has 36 heavy (non-hydrogen) atoms. The summed E-state index contributed by atoms with van der Waals surface area (Å²) < 4.78 is 6.80. The second-order valence-corrected chi connectivity index (χ2v) is 9.87. The van der Waals surface area contributed by atoms with Crippen molar-refractivity contribution in [1.29, 1.82) is 0 Å². The van der Waals surface area contributed by atoms with Crippen LogP contribution in [0.4, 0.5) is 5.69 Å². The first-order valence-corrected chi connectivity index (χ1v) is 12.7. The summed E-state index contributed by atoms with van der Waals surface area (Å²) in [6, 6.07) is 20.2. The number of aromatic nitrogens is 2. The van der Waals surface area contributed by atoms with Crippen molar-refractivity contribution in [2.24, 2.45) is 0 Å². The molecule has 0 saturated carbocycles. The minimum Gasteiger partial charge on any atom is -0.475 e. The van der Waals surface area contributed by atoms with Crippen molar-refractivity contribution in [2.45, 2.75) is 42.4 Å². The topological polar surface area (TPSA) is 98.1 Å². The zero-order valence-corrected chi connectivity index (χ0v) is 20.6. The Bertz CT molecular complexity index is 1390. The highest BCUT2D eigenvalue weighted by Gasteiger charge is 2.35. The zero-order chi connectivity index (χ0) is 25.1. The van der Waals surface area contributed by atoms with Gasteiger partial charge in [-0.2, -0.15) is 0 Å². The lowest BCUT2D eigenvalue weighted by Gasteiger charge is -2.32. The fourth-order valence-electron chi connectivity index (χ4n) is 4.60. The average Bonchev–Trinajstić information content (AvgIpc) is 3.45. The Hall–Kier alpha value is -3.91. The summed E-state index contributed by atoms with van der Waals surface area (Å²) in [5, 5.41) is 11.0. The standard InChI is InChI=1S/C28H25N3O4S/c1-28(27-29-16-17-30-27,19-6-3-2-4-7-19)35-26-15-14-23-22(8-5-9-25(23)32)24(26)18-36-21-12-10-20(11-13-21)31(33)34/h2-4,6-7,10-17H,5,8-9,18H2,1H3,(H,29,30)/t28-/m0/s1. The number of nitrogens with zero attached hydrogens (tertiary/aromatic N) is 2. The number of non-ortho nitro benzene ring substituents is 1. The predicted molar refractivity (Wildman–Crippen MR) is 138 cm³/mol. The van der Waals surface area contributed by atoms with Gasteiger partial charge in [0.1, 0.15) is 5.75 Å². The molecule has 1 atom stereocenters. The Kier molecular flexibility index (Phi) is 6.61. The summed E-state index contributed by atoms with van der Waals surface area (Å²) in [7, 11) is 0. The van der Waals surface area contributed by atoms with Gasteiger partial charge in [-0.25, -0.2) is 4.98 Å². The number of fused-ring (bicyclic) bond motifs is 1. The summed E-state index contributed by atoms with van der Waals surface area (Å²) in [5.74, 6) is 2.09. The molecule has 1 aromatic heterocycles. The predicted octanol–water partition coefficient (Wildman–Crippen LogP) is 6.47. The van der Waals surface area contributed by atoms with Gasteiger partial charge in [-0.3, -0.25) is 14.9 Å². The third-order valence-electron chi connectivity index (χ3n) is 6.54. The van der Waals surface area contributed by atoms with Crippen LogP contribution in [0.15, 0.2) is 84.0 Å². The van der Waals surface area contributed by atoms with E-state index >= 15 is 0 Å². The van der Waals surface area contributed by atoms with Gasteiger partial charge < -0.3 is 9.72 Å². The van der Waals surface area contributed by atoms with Crippen LogP contribution in [0.25, 0.3) is 0 Å². The molecular weight excluding hydrogens is 474 g/mol. The molecule has 0 saturated heterocycles. The number of ketones is 1. The molecule has 7 nitrogen and oxygen atoms in total. The van der Waals surface area contributed by atoms with Crippen molar-refractivity contribution >= 4 is 23.2 Å². The number of hydrogen-bond acceptors (Lipinski definition) is 6. The molecular formula is C28H25N3O4S. The van der Waals surface area contributed by atoms with E-state index in [2.05, 4.69) is 9.97 Å². The maximum Gasteiger partial charge on any atom is 0.269 e. The highest BCUT2D eigenvalue weighted by Crippen LogP contribution is 2.40. The van der Waals surface area contributed by atoms with Crippen LogP contribution in [0.5, 0.6) is 5.75 Å². The summed E-state index contributed by atoms with van der Waals surface area (Å²) >= 11 is 1.56. The molecule has 1 N–H and O–H groups in total. The highest BCUT2D eigenvalue weighted by atomic mass is 32.2. The second-order valence-electron chi connectivity index (χ2n) is 8.82. The maximum absolute atomic E-state index is 12.7. The van der Waals surface area contributed by atoms with Crippen LogP contribution in [0.2, 0.25) is 0 Å². The lowest BCUT2D eigenvalue weighted by Crippen LogP contribution is -2.33. The van der Waals surface area contributed by atoms with Crippen molar-refractivity contribution in [1.82, 2.24) is 9.97 Å². The van der Waals surface area contributed by atoms with Crippen LogP contribution >= 0.6 is 11.8 Å². The van der Waals surface area contributed by atoms with Crippen molar-refractivity contribution in [3.8, 4) is 5.75 Å². The van der Waals surface area contributed by atoms with E-state index in [1.54, 1.807) is 36.3 Å². The number of nitro benzene ring substituents is 1. The van der Waals surface area contributed by atoms with Crippen molar-refractivity contribution < 1.29 is 14.5 Å². The molecule has 8 heteroatoms. The Morgan fingerprint density at radius 2 is 1.86 bits per heavy atom. The molecule has 0 fully saturated rings. The lowest BCUT2D eigenvalue weighted by molar-refractivity contribution is -0.384. The molecule has 3 aromatic carbocycles. The van der Waals surface area contributed by atoms with E-state index in [9.17, 15) is 14.9 Å². The van der Waals surface area contributed by atoms with Gasteiger partial charge in [-0.15, -0.1) is 11.8 Å². The molecule has 1 heterocycles. The van der Waals surface area contributed by atoms with E-state index in [1.807, 2.05) is 49.4 Å². The van der Waals surface area contributed by atoms with Gasteiger partial charge in [-0.1, -0.05) is 30.3 Å². The molecule has 0 radical (unpaired) electrons. The van der Waals surface area contributed by atoms with Crippen molar-refractivity contribution in [2.75, 3.05) is 0 Å². The summed E-state index contributed by atoms with van der Waals surface area (Å²) in [6.45, 7) is 1.99. The van der Waals surface area contributed by atoms with Gasteiger partial charge in [0.25, 0.3) is 5.69 Å². The van der Waals surface area contributed by atoms with Gasteiger partial charge in [0.05, 0.1) is 4.92 Å². The Balaban J connectivity index is 1.54. The van der Waals surface area contributed by atoms with E-state index in [-0.39, 0.29) is 11.5 Å². The normalized spacial score (nSPS) is 14.6. The van der Waals surface area contributed by atoms with E-state index in [0.717, 1.165) is 40.0 Å². The second kappa shape index (κ2) is 9.99. The van der Waals surface area contributed by atoms with E-state index in [0.29, 0.717) is 23.7 Å². The molecule has 4 aromatic rings. The maximum atomic E-state index is 12.7. The number of ether oxygens (including phenoxy) is 1. The largest absolute Gasteiger partial charge is 0.475 e. The van der Waals surface area contributed by atoms with Gasteiger partial charge in [-0.05, 0) is 49.6 Å². The Labute approximate surface area is 213 Å². The minimum absolute atomic E-state index is 0.0585.